The first-order valence-corrected chi connectivity index (χ1v) is 4.51. The van der Waals surface area contributed by atoms with E-state index in [4.69, 9.17) is 11.5 Å². The van der Waals surface area contributed by atoms with Crippen molar-refractivity contribution in [3.8, 4) is 0 Å². The van der Waals surface area contributed by atoms with Gasteiger partial charge in [-0.2, -0.15) is 4.98 Å². The van der Waals surface area contributed by atoms with Gasteiger partial charge in [-0.15, -0.1) is 5.10 Å². The van der Waals surface area contributed by atoms with E-state index in [1.54, 1.807) is 0 Å². The molecule has 1 atom stereocenters. The van der Waals surface area contributed by atoms with Gasteiger partial charge in [-0.05, 0) is 12.3 Å². The minimum absolute atomic E-state index is 0.241. The average molecular weight is 183 g/mol. The lowest BCUT2D eigenvalue weighted by Crippen LogP contribution is -2.16. The monoisotopic (exact) mass is 183 g/mol. The summed E-state index contributed by atoms with van der Waals surface area (Å²) in [6, 6.07) is 0. The molecular formula is C8H17N5. The Kier molecular flexibility index (Phi) is 3.25. The van der Waals surface area contributed by atoms with E-state index in [9.17, 15) is 0 Å². The van der Waals surface area contributed by atoms with E-state index in [1.807, 2.05) is 0 Å². The van der Waals surface area contributed by atoms with Gasteiger partial charge in [0.1, 0.15) is 5.82 Å². The molecule has 0 aliphatic rings. The van der Waals surface area contributed by atoms with Crippen LogP contribution in [0.4, 0.5) is 5.95 Å². The Morgan fingerprint density at radius 1 is 1.46 bits per heavy atom. The zero-order valence-electron chi connectivity index (χ0n) is 8.12. The molecule has 5 heteroatoms. The zero-order chi connectivity index (χ0) is 9.84. The van der Waals surface area contributed by atoms with Crippen molar-refractivity contribution in [2.24, 2.45) is 11.7 Å². The number of aromatic amines is 1. The number of nitrogens with two attached hydrogens (primary N) is 2. The van der Waals surface area contributed by atoms with Crippen LogP contribution in [-0.4, -0.2) is 21.7 Å². The van der Waals surface area contributed by atoms with Crippen LogP contribution in [0, 0.1) is 5.92 Å². The van der Waals surface area contributed by atoms with Crippen LogP contribution in [0.15, 0.2) is 0 Å². The Bertz CT molecular complexity index is 255. The Labute approximate surface area is 77.9 Å². The summed E-state index contributed by atoms with van der Waals surface area (Å²) in [5, 5.41) is 6.57. The summed E-state index contributed by atoms with van der Waals surface area (Å²) in [5.41, 5.74) is 11.0. The van der Waals surface area contributed by atoms with Crippen molar-refractivity contribution in [2.45, 2.75) is 26.2 Å². The third kappa shape index (κ3) is 2.69. The van der Waals surface area contributed by atoms with Crippen LogP contribution in [0.2, 0.25) is 0 Å². The maximum absolute atomic E-state index is 5.63. The number of nitrogens with zero attached hydrogens (tertiary/aromatic N) is 2. The molecule has 0 fully saturated rings. The van der Waals surface area contributed by atoms with Crippen molar-refractivity contribution in [1.29, 1.82) is 0 Å². The maximum atomic E-state index is 5.63. The lowest BCUT2D eigenvalue weighted by molar-refractivity contribution is 0.489. The Morgan fingerprint density at radius 2 is 2.15 bits per heavy atom. The quantitative estimate of drug-likeness (QED) is 0.632. The molecule has 0 radical (unpaired) electrons. The van der Waals surface area contributed by atoms with E-state index in [-0.39, 0.29) is 11.9 Å². The average Bonchev–Trinajstić information content (AvgIpc) is 2.47. The second kappa shape index (κ2) is 4.23. The summed E-state index contributed by atoms with van der Waals surface area (Å²) in [6.07, 6.45) is 1.01. The molecule has 1 unspecified atom stereocenters. The molecule has 1 aromatic rings. The van der Waals surface area contributed by atoms with Crippen molar-refractivity contribution < 1.29 is 0 Å². The largest absolute Gasteiger partial charge is 0.367 e. The number of aromatic nitrogens is 3. The van der Waals surface area contributed by atoms with Crippen molar-refractivity contribution in [3.63, 3.8) is 0 Å². The molecule has 0 aliphatic carbocycles. The fraction of sp³-hybridized carbons (Fsp3) is 0.750. The van der Waals surface area contributed by atoms with Crippen molar-refractivity contribution in [2.75, 3.05) is 12.3 Å². The Morgan fingerprint density at radius 3 is 2.54 bits per heavy atom. The second-order valence-corrected chi connectivity index (χ2v) is 3.64. The third-order valence-electron chi connectivity index (χ3n) is 1.95. The van der Waals surface area contributed by atoms with Crippen LogP contribution < -0.4 is 11.5 Å². The number of nitrogen functional groups attached to an aromatic ring is 1. The third-order valence-corrected chi connectivity index (χ3v) is 1.95. The van der Waals surface area contributed by atoms with Crippen molar-refractivity contribution >= 4 is 5.95 Å². The van der Waals surface area contributed by atoms with Gasteiger partial charge in [0.25, 0.3) is 0 Å². The predicted molar refractivity (Wildman–Crippen MR) is 52.0 cm³/mol. The summed E-state index contributed by atoms with van der Waals surface area (Å²) in [4.78, 5) is 4.07. The van der Waals surface area contributed by atoms with E-state index >= 15 is 0 Å². The molecule has 5 nitrogen and oxygen atoms in total. The molecule has 0 bridgehead atoms. The van der Waals surface area contributed by atoms with Gasteiger partial charge in [-0.3, -0.25) is 5.10 Å². The van der Waals surface area contributed by atoms with Crippen LogP contribution in [0.3, 0.4) is 0 Å². The highest BCUT2D eigenvalue weighted by atomic mass is 15.3. The van der Waals surface area contributed by atoms with Gasteiger partial charge in [0.05, 0.1) is 0 Å². The van der Waals surface area contributed by atoms with Crippen molar-refractivity contribution in [1.82, 2.24) is 15.2 Å². The second-order valence-electron chi connectivity index (χ2n) is 3.64. The van der Waals surface area contributed by atoms with Gasteiger partial charge in [-0.25, -0.2) is 0 Å². The van der Waals surface area contributed by atoms with Gasteiger partial charge in [0.15, 0.2) is 0 Å². The minimum atomic E-state index is 0.241. The van der Waals surface area contributed by atoms with Gasteiger partial charge in [0.2, 0.25) is 5.95 Å². The molecule has 74 valence electrons. The topological polar surface area (TPSA) is 93.6 Å². The number of hydrogen-bond donors (Lipinski definition) is 3. The fourth-order valence-corrected chi connectivity index (χ4v) is 1.36. The van der Waals surface area contributed by atoms with Crippen molar-refractivity contribution in [3.05, 3.63) is 5.82 Å². The number of rotatable bonds is 4. The molecule has 1 rings (SSSR count). The molecule has 0 aliphatic heterocycles. The number of H-pyrrole nitrogens is 1. The van der Waals surface area contributed by atoms with E-state index < -0.39 is 0 Å². The zero-order valence-corrected chi connectivity index (χ0v) is 8.12. The van der Waals surface area contributed by atoms with Crippen LogP contribution >= 0.6 is 0 Å². The van der Waals surface area contributed by atoms with Crippen LogP contribution in [0.1, 0.15) is 32.0 Å². The van der Waals surface area contributed by atoms with Gasteiger partial charge >= 0.3 is 0 Å². The maximum Gasteiger partial charge on any atom is 0.239 e. The highest BCUT2D eigenvalue weighted by molar-refractivity contribution is 5.14. The smallest absolute Gasteiger partial charge is 0.239 e. The van der Waals surface area contributed by atoms with Gasteiger partial charge < -0.3 is 11.5 Å². The van der Waals surface area contributed by atoms with Gasteiger partial charge in [-0.1, -0.05) is 13.8 Å². The van der Waals surface area contributed by atoms with Crippen LogP contribution in [-0.2, 0) is 0 Å². The first kappa shape index (κ1) is 9.98. The molecular weight excluding hydrogens is 166 g/mol. The lowest BCUT2D eigenvalue weighted by Gasteiger charge is -2.13. The highest BCUT2D eigenvalue weighted by Crippen LogP contribution is 2.19. The summed E-state index contributed by atoms with van der Waals surface area (Å²) in [5.74, 6) is 1.93. The highest BCUT2D eigenvalue weighted by Gasteiger charge is 2.15. The molecule has 5 N–H and O–H groups in total. The molecule has 0 saturated carbocycles. The minimum Gasteiger partial charge on any atom is -0.367 e. The van der Waals surface area contributed by atoms with E-state index in [0.29, 0.717) is 12.5 Å². The molecule has 0 spiro atoms. The van der Waals surface area contributed by atoms with Crippen LogP contribution in [0.25, 0.3) is 0 Å². The molecule has 0 saturated heterocycles. The lowest BCUT2D eigenvalue weighted by atomic mass is 9.97. The van der Waals surface area contributed by atoms with Crippen LogP contribution in [0.5, 0.6) is 0 Å². The molecule has 0 amide bonds. The Hall–Kier alpha value is -1.10. The number of hydrogen-bond acceptors (Lipinski definition) is 4. The fourth-order valence-electron chi connectivity index (χ4n) is 1.36. The van der Waals surface area contributed by atoms with E-state index in [2.05, 4.69) is 29.0 Å². The normalized spacial score (nSPS) is 13.5. The first-order valence-electron chi connectivity index (χ1n) is 4.51. The first-order chi connectivity index (χ1) is 6.13. The number of anilines is 1. The van der Waals surface area contributed by atoms with E-state index in [1.165, 1.54) is 0 Å². The SMILES string of the molecule is CC(C)CC(CN)c1nc(N)n[nH]1. The summed E-state index contributed by atoms with van der Waals surface area (Å²) >= 11 is 0. The molecule has 13 heavy (non-hydrogen) atoms. The predicted octanol–water partition coefficient (Wildman–Crippen LogP) is 0.475. The van der Waals surface area contributed by atoms with Gasteiger partial charge in [0, 0.05) is 12.5 Å². The standard InChI is InChI=1S/C8H17N5/c1-5(2)3-6(4-9)7-11-8(10)13-12-7/h5-6H,3-4,9H2,1-2H3,(H3,10,11,12,13). The Balaban J connectivity index is 2.66. The molecule has 0 aromatic carbocycles. The summed E-state index contributed by atoms with van der Waals surface area (Å²) in [7, 11) is 0. The summed E-state index contributed by atoms with van der Waals surface area (Å²) < 4.78 is 0. The number of nitrogens with one attached hydrogen (secondary N) is 1. The molecule has 1 aromatic heterocycles. The summed E-state index contributed by atoms with van der Waals surface area (Å²) in [6.45, 7) is 4.89. The van der Waals surface area contributed by atoms with E-state index in [0.717, 1.165) is 12.2 Å². The molecule has 1 heterocycles.